The minimum absolute atomic E-state index is 0.0807. The van der Waals surface area contributed by atoms with Crippen LogP contribution in [0.25, 0.3) is 0 Å². The number of carbonyl (C=O) groups is 1. The Labute approximate surface area is 104 Å². The lowest BCUT2D eigenvalue weighted by Gasteiger charge is -2.32. The van der Waals surface area contributed by atoms with Gasteiger partial charge in [-0.05, 0) is 12.1 Å². The molecule has 1 aromatic heterocycles. The van der Waals surface area contributed by atoms with E-state index in [0.29, 0.717) is 30.4 Å². The highest BCUT2D eigenvalue weighted by atomic mass is 35.5. The maximum Gasteiger partial charge on any atom is 0.255 e. The summed E-state index contributed by atoms with van der Waals surface area (Å²) in [5.41, 5.74) is 0.494. The van der Waals surface area contributed by atoms with Crippen LogP contribution in [0, 0.1) is 0 Å². The van der Waals surface area contributed by atoms with Gasteiger partial charge in [-0.15, -0.1) is 0 Å². The molecule has 1 N–H and O–H groups in total. The third kappa shape index (κ3) is 2.94. The molecule has 92 valence electrons. The number of rotatable bonds is 2. The van der Waals surface area contributed by atoms with Gasteiger partial charge in [-0.2, -0.15) is 0 Å². The lowest BCUT2D eigenvalue weighted by atomic mass is 10.2. The normalized spacial score (nSPS) is 20.4. The van der Waals surface area contributed by atoms with E-state index >= 15 is 0 Å². The van der Waals surface area contributed by atoms with Crippen LogP contribution < -0.4 is 0 Å². The van der Waals surface area contributed by atoms with Crippen LogP contribution in [0.2, 0.25) is 5.15 Å². The molecule has 17 heavy (non-hydrogen) atoms. The second kappa shape index (κ2) is 5.44. The molecule has 0 saturated carbocycles. The number of hydrogen-bond donors (Lipinski definition) is 1. The van der Waals surface area contributed by atoms with Crippen molar-refractivity contribution in [1.82, 2.24) is 9.88 Å². The zero-order chi connectivity index (χ0) is 12.3. The molecule has 0 aromatic carbocycles. The van der Waals surface area contributed by atoms with Gasteiger partial charge in [0, 0.05) is 19.3 Å². The number of ether oxygens (including phenoxy) is 1. The van der Waals surface area contributed by atoms with Crippen molar-refractivity contribution in [3.8, 4) is 0 Å². The Kier molecular flexibility index (Phi) is 3.93. The first-order chi connectivity index (χ1) is 8.20. The number of aliphatic hydroxyl groups is 1. The van der Waals surface area contributed by atoms with Crippen LogP contribution in [-0.4, -0.2) is 53.3 Å². The molecular formula is C11H13ClN2O3. The summed E-state index contributed by atoms with van der Waals surface area (Å²) in [4.78, 5) is 17.6. The Balaban J connectivity index is 2.06. The maximum absolute atomic E-state index is 12.1. The van der Waals surface area contributed by atoms with Gasteiger partial charge in [0.25, 0.3) is 5.91 Å². The van der Waals surface area contributed by atoms with E-state index in [1.807, 2.05) is 0 Å². The second-order valence-corrected chi connectivity index (χ2v) is 4.18. The van der Waals surface area contributed by atoms with Gasteiger partial charge in [0.2, 0.25) is 0 Å². The molecule has 1 atom stereocenters. The van der Waals surface area contributed by atoms with Crippen molar-refractivity contribution in [1.29, 1.82) is 0 Å². The first-order valence-electron chi connectivity index (χ1n) is 5.34. The van der Waals surface area contributed by atoms with Gasteiger partial charge in [0.15, 0.2) is 0 Å². The number of nitrogens with zero attached hydrogens (tertiary/aromatic N) is 2. The quantitative estimate of drug-likeness (QED) is 0.786. The van der Waals surface area contributed by atoms with Crippen molar-refractivity contribution in [2.45, 2.75) is 6.10 Å². The Hall–Kier alpha value is -1.17. The lowest BCUT2D eigenvalue weighted by molar-refractivity contribution is -0.0447. The van der Waals surface area contributed by atoms with E-state index in [9.17, 15) is 4.79 Å². The zero-order valence-corrected chi connectivity index (χ0v) is 9.93. The topological polar surface area (TPSA) is 62.7 Å². The van der Waals surface area contributed by atoms with Crippen molar-refractivity contribution in [2.75, 3.05) is 26.3 Å². The van der Waals surface area contributed by atoms with Gasteiger partial charge in [-0.3, -0.25) is 4.79 Å². The molecule has 1 amide bonds. The molecule has 1 fully saturated rings. The minimum atomic E-state index is -0.298. The zero-order valence-electron chi connectivity index (χ0n) is 9.17. The molecule has 0 spiro atoms. The standard InChI is InChI=1S/C11H13ClN2O3/c12-10-2-1-8(5-13-10)11(16)14-3-4-17-9(6-14)7-15/h1-2,5,9,15H,3-4,6-7H2. The Bertz CT molecular complexity index is 396. The summed E-state index contributed by atoms with van der Waals surface area (Å²) < 4.78 is 5.28. The second-order valence-electron chi connectivity index (χ2n) is 3.80. The molecule has 0 aliphatic carbocycles. The molecule has 1 unspecified atom stereocenters. The Morgan fingerprint density at radius 1 is 1.65 bits per heavy atom. The van der Waals surface area contributed by atoms with E-state index in [4.69, 9.17) is 21.4 Å². The average Bonchev–Trinajstić information content (AvgIpc) is 2.39. The molecule has 1 aliphatic heterocycles. The summed E-state index contributed by atoms with van der Waals surface area (Å²) in [7, 11) is 0. The fraction of sp³-hybridized carbons (Fsp3) is 0.455. The van der Waals surface area contributed by atoms with Crippen LogP contribution in [0.4, 0.5) is 0 Å². The molecule has 1 aliphatic rings. The van der Waals surface area contributed by atoms with E-state index in [-0.39, 0.29) is 18.6 Å². The molecule has 2 rings (SSSR count). The summed E-state index contributed by atoms with van der Waals surface area (Å²) in [5, 5.41) is 9.36. The van der Waals surface area contributed by atoms with E-state index in [2.05, 4.69) is 4.98 Å². The number of aliphatic hydroxyl groups excluding tert-OH is 1. The average molecular weight is 257 g/mol. The number of halogens is 1. The van der Waals surface area contributed by atoms with Gasteiger partial charge in [-0.25, -0.2) is 4.98 Å². The molecule has 6 heteroatoms. The van der Waals surface area contributed by atoms with E-state index < -0.39 is 0 Å². The van der Waals surface area contributed by atoms with Gasteiger partial charge in [0.1, 0.15) is 5.15 Å². The Morgan fingerprint density at radius 2 is 2.47 bits per heavy atom. The van der Waals surface area contributed by atoms with Crippen LogP contribution in [0.3, 0.4) is 0 Å². The Morgan fingerprint density at radius 3 is 3.12 bits per heavy atom. The van der Waals surface area contributed by atoms with Gasteiger partial charge >= 0.3 is 0 Å². The molecular weight excluding hydrogens is 244 g/mol. The fourth-order valence-corrected chi connectivity index (χ4v) is 1.81. The number of morpholine rings is 1. The number of amides is 1. The van der Waals surface area contributed by atoms with Gasteiger partial charge < -0.3 is 14.7 Å². The van der Waals surface area contributed by atoms with Crippen molar-refractivity contribution in [3.05, 3.63) is 29.0 Å². The monoisotopic (exact) mass is 256 g/mol. The lowest BCUT2D eigenvalue weighted by Crippen LogP contribution is -2.46. The van der Waals surface area contributed by atoms with Crippen LogP contribution in [-0.2, 0) is 4.74 Å². The predicted octanol–water partition coefficient (Wildman–Crippen LogP) is 0.568. The fourth-order valence-electron chi connectivity index (χ4n) is 1.70. The van der Waals surface area contributed by atoms with Gasteiger partial charge in [-0.1, -0.05) is 11.6 Å². The van der Waals surface area contributed by atoms with Crippen LogP contribution >= 0.6 is 11.6 Å². The number of pyridine rings is 1. The van der Waals surface area contributed by atoms with E-state index in [0.717, 1.165) is 0 Å². The largest absolute Gasteiger partial charge is 0.394 e. The highest BCUT2D eigenvalue weighted by Crippen LogP contribution is 2.11. The van der Waals surface area contributed by atoms with E-state index in [1.54, 1.807) is 17.0 Å². The molecule has 1 saturated heterocycles. The first-order valence-corrected chi connectivity index (χ1v) is 5.72. The summed E-state index contributed by atoms with van der Waals surface area (Å²) in [6.45, 7) is 1.29. The summed E-state index contributed by atoms with van der Waals surface area (Å²) in [5.74, 6) is -0.115. The van der Waals surface area contributed by atoms with Gasteiger partial charge in [0.05, 0.1) is 24.9 Å². The minimum Gasteiger partial charge on any atom is -0.394 e. The molecule has 2 heterocycles. The number of hydrogen-bond acceptors (Lipinski definition) is 4. The molecule has 1 aromatic rings. The van der Waals surface area contributed by atoms with Crippen molar-refractivity contribution in [3.63, 3.8) is 0 Å². The molecule has 0 bridgehead atoms. The highest BCUT2D eigenvalue weighted by Gasteiger charge is 2.24. The number of carbonyl (C=O) groups excluding carboxylic acids is 1. The summed E-state index contributed by atoms with van der Waals surface area (Å²) in [6.07, 6.45) is 1.15. The molecule has 0 radical (unpaired) electrons. The predicted molar refractivity (Wildman–Crippen MR) is 62.0 cm³/mol. The van der Waals surface area contributed by atoms with Crippen LogP contribution in [0.5, 0.6) is 0 Å². The van der Waals surface area contributed by atoms with Crippen LogP contribution in [0.1, 0.15) is 10.4 Å². The highest BCUT2D eigenvalue weighted by molar-refractivity contribution is 6.29. The van der Waals surface area contributed by atoms with Crippen molar-refractivity contribution in [2.24, 2.45) is 0 Å². The third-order valence-electron chi connectivity index (χ3n) is 2.60. The smallest absolute Gasteiger partial charge is 0.255 e. The van der Waals surface area contributed by atoms with E-state index in [1.165, 1.54) is 6.20 Å². The summed E-state index contributed by atoms with van der Waals surface area (Å²) in [6, 6.07) is 3.22. The van der Waals surface area contributed by atoms with Crippen molar-refractivity contribution < 1.29 is 14.6 Å². The number of aromatic nitrogens is 1. The SMILES string of the molecule is O=C(c1ccc(Cl)nc1)N1CCOC(CO)C1. The van der Waals surface area contributed by atoms with Crippen molar-refractivity contribution >= 4 is 17.5 Å². The third-order valence-corrected chi connectivity index (χ3v) is 2.83. The summed E-state index contributed by atoms with van der Waals surface area (Å²) >= 11 is 5.66. The maximum atomic E-state index is 12.1. The van der Waals surface area contributed by atoms with Crippen LogP contribution in [0.15, 0.2) is 18.3 Å². The first kappa shape index (κ1) is 12.3. The molecule has 5 nitrogen and oxygen atoms in total.